The fraction of sp³-hybridized carbons (Fsp3) is 0.385. The Kier molecular flexibility index (Phi) is 7.92. The average Bonchev–Trinajstić information content (AvgIpc) is 2.21. The molecule has 0 amide bonds. The first-order valence-corrected chi connectivity index (χ1v) is 6.54. The van der Waals surface area contributed by atoms with Gasteiger partial charge in [0.05, 0.1) is 0 Å². The largest absolute Gasteiger partial charge is 0.401 e. The molecule has 0 unspecified atom stereocenters. The van der Waals surface area contributed by atoms with E-state index in [0.717, 1.165) is 12.1 Å². The monoisotopic (exact) mass is 223 g/mol. The van der Waals surface area contributed by atoms with Crippen molar-refractivity contribution in [2.24, 2.45) is 5.73 Å². The molecule has 1 nitrogen and oxygen atoms in total. The minimum Gasteiger partial charge on any atom is -0.401 e. The highest BCUT2D eigenvalue weighted by Crippen LogP contribution is 2.09. The molecule has 1 aromatic rings. The van der Waals surface area contributed by atoms with E-state index in [9.17, 15) is 0 Å². The van der Waals surface area contributed by atoms with E-state index in [2.05, 4.69) is 31.2 Å². The molecule has 0 saturated heterocycles. The summed E-state index contributed by atoms with van der Waals surface area (Å²) in [6.07, 6.45) is 2.87. The molecule has 1 rings (SSSR count). The molecule has 1 aromatic carbocycles. The van der Waals surface area contributed by atoms with Crippen molar-refractivity contribution in [1.29, 1.82) is 0 Å². The van der Waals surface area contributed by atoms with E-state index in [-0.39, 0.29) is 0 Å². The SMILES string of the molecule is CC.CS/C=C(\N)Cc1cccc(C)c1. The Morgan fingerprint density at radius 3 is 2.60 bits per heavy atom. The minimum atomic E-state index is 0.850. The lowest BCUT2D eigenvalue weighted by Crippen LogP contribution is -2.00. The van der Waals surface area contributed by atoms with E-state index < -0.39 is 0 Å². The molecule has 0 aliphatic rings. The van der Waals surface area contributed by atoms with Gasteiger partial charge in [0.25, 0.3) is 0 Å². The third-order valence-corrected chi connectivity index (χ3v) is 2.30. The van der Waals surface area contributed by atoms with Crippen LogP contribution in [0.5, 0.6) is 0 Å². The van der Waals surface area contributed by atoms with Crippen LogP contribution in [0, 0.1) is 6.92 Å². The van der Waals surface area contributed by atoms with Crippen molar-refractivity contribution in [3.8, 4) is 0 Å². The van der Waals surface area contributed by atoms with Crippen molar-refractivity contribution in [2.45, 2.75) is 27.2 Å². The summed E-state index contributed by atoms with van der Waals surface area (Å²) in [6.45, 7) is 6.10. The highest BCUT2D eigenvalue weighted by Gasteiger charge is 1.94. The third-order valence-electron chi connectivity index (χ3n) is 1.76. The van der Waals surface area contributed by atoms with Gasteiger partial charge in [-0.25, -0.2) is 0 Å². The topological polar surface area (TPSA) is 26.0 Å². The summed E-state index contributed by atoms with van der Waals surface area (Å²) in [5.41, 5.74) is 9.30. The molecule has 0 bridgehead atoms. The lowest BCUT2D eigenvalue weighted by Gasteiger charge is -2.02. The second-order valence-corrected chi connectivity index (χ2v) is 3.80. The van der Waals surface area contributed by atoms with E-state index in [1.54, 1.807) is 11.8 Å². The molecule has 2 heteroatoms. The summed E-state index contributed by atoms with van der Waals surface area (Å²) in [6, 6.07) is 8.43. The number of hydrogen-bond acceptors (Lipinski definition) is 2. The van der Waals surface area contributed by atoms with Gasteiger partial charge in [0.15, 0.2) is 0 Å². The molecule has 0 saturated carbocycles. The highest BCUT2D eigenvalue weighted by atomic mass is 32.2. The Morgan fingerprint density at radius 1 is 1.40 bits per heavy atom. The molecular formula is C13H21NS. The van der Waals surface area contributed by atoms with Crippen LogP contribution >= 0.6 is 11.8 Å². The van der Waals surface area contributed by atoms with Crippen LogP contribution in [0.1, 0.15) is 25.0 Å². The molecule has 0 spiro atoms. The van der Waals surface area contributed by atoms with Crippen molar-refractivity contribution < 1.29 is 0 Å². The maximum atomic E-state index is 5.81. The number of aryl methyl sites for hydroxylation is 1. The summed E-state index contributed by atoms with van der Waals surface area (Å²) < 4.78 is 0. The van der Waals surface area contributed by atoms with E-state index in [0.29, 0.717) is 0 Å². The van der Waals surface area contributed by atoms with Gasteiger partial charge < -0.3 is 5.73 Å². The van der Waals surface area contributed by atoms with Gasteiger partial charge in [-0.2, -0.15) is 0 Å². The van der Waals surface area contributed by atoms with Crippen LogP contribution in [0.3, 0.4) is 0 Å². The van der Waals surface area contributed by atoms with Gasteiger partial charge in [-0.3, -0.25) is 0 Å². The van der Waals surface area contributed by atoms with Crippen LogP contribution in [0.4, 0.5) is 0 Å². The zero-order valence-corrected chi connectivity index (χ0v) is 10.9. The zero-order chi connectivity index (χ0) is 11.7. The predicted octanol–water partition coefficient (Wildman–Crippen LogP) is 3.73. The molecule has 0 aliphatic heterocycles. The maximum absolute atomic E-state index is 5.81. The van der Waals surface area contributed by atoms with Crippen molar-refractivity contribution in [2.75, 3.05) is 6.26 Å². The van der Waals surface area contributed by atoms with E-state index >= 15 is 0 Å². The van der Waals surface area contributed by atoms with Crippen molar-refractivity contribution in [3.63, 3.8) is 0 Å². The zero-order valence-electron chi connectivity index (χ0n) is 10.1. The van der Waals surface area contributed by atoms with Crippen LogP contribution < -0.4 is 5.73 Å². The van der Waals surface area contributed by atoms with Gasteiger partial charge in [0.1, 0.15) is 0 Å². The Bertz CT molecular complexity index is 305. The van der Waals surface area contributed by atoms with Gasteiger partial charge in [-0.05, 0) is 24.2 Å². The number of hydrogen-bond donors (Lipinski definition) is 1. The van der Waals surface area contributed by atoms with Gasteiger partial charge in [0, 0.05) is 12.1 Å². The van der Waals surface area contributed by atoms with E-state index in [4.69, 9.17) is 5.73 Å². The first-order chi connectivity index (χ1) is 7.22. The smallest absolute Gasteiger partial charge is 0.0189 e. The van der Waals surface area contributed by atoms with Gasteiger partial charge in [0.2, 0.25) is 0 Å². The average molecular weight is 223 g/mol. The van der Waals surface area contributed by atoms with E-state index in [1.165, 1.54) is 11.1 Å². The number of benzene rings is 1. The van der Waals surface area contributed by atoms with Crippen molar-refractivity contribution in [1.82, 2.24) is 0 Å². The Morgan fingerprint density at radius 2 is 2.07 bits per heavy atom. The van der Waals surface area contributed by atoms with Gasteiger partial charge in [-0.1, -0.05) is 43.7 Å². The lowest BCUT2D eigenvalue weighted by molar-refractivity contribution is 1.11. The second kappa shape index (κ2) is 8.42. The summed E-state index contributed by atoms with van der Waals surface area (Å²) in [5, 5.41) is 1.99. The van der Waals surface area contributed by atoms with Crippen LogP contribution in [0.25, 0.3) is 0 Å². The second-order valence-electron chi connectivity index (χ2n) is 3.09. The molecule has 84 valence electrons. The molecular weight excluding hydrogens is 202 g/mol. The summed E-state index contributed by atoms with van der Waals surface area (Å²) in [4.78, 5) is 0. The van der Waals surface area contributed by atoms with Crippen molar-refractivity contribution >= 4 is 11.8 Å². The molecule has 0 fully saturated rings. The fourth-order valence-corrected chi connectivity index (χ4v) is 1.64. The molecule has 0 aromatic heterocycles. The Balaban J connectivity index is 0.000000921. The Labute approximate surface area is 97.8 Å². The first kappa shape index (κ1) is 14.1. The maximum Gasteiger partial charge on any atom is 0.0189 e. The van der Waals surface area contributed by atoms with E-state index in [1.807, 2.05) is 25.5 Å². The minimum absolute atomic E-state index is 0.850. The van der Waals surface area contributed by atoms with Gasteiger partial charge >= 0.3 is 0 Å². The Hall–Kier alpha value is -0.890. The summed E-state index contributed by atoms with van der Waals surface area (Å²) in [7, 11) is 0. The highest BCUT2D eigenvalue weighted by molar-refractivity contribution is 8.01. The molecule has 0 heterocycles. The molecule has 15 heavy (non-hydrogen) atoms. The normalized spacial score (nSPS) is 10.5. The standard InChI is InChI=1S/C11H15NS.C2H6/c1-9-4-3-5-10(6-9)7-11(12)8-13-2;1-2/h3-6,8H,7,12H2,1-2H3;1-2H3/b11-8-;. The third kappa shape index (κ3) is 6.24. The van der Waals surface area contributed by atoms with Crippen LogP contribution in [0.2, 0.25) is 0 Å². The van der Waals surface area contributed by atoms with Crippen LogP contribution in [0.15, 0.2) is 35.4 Å². The number of allylic oxidation sites excluding steroid dienone is 1. The number of thioether (sulfide) groups is 1. The molecule has 0 atom stereocenters. The molecule has 2 N–H and O–H groups in total. The number of nitrogens with two attached hydrogens (primary N) is 1. The summed E-state index contributed by atoms with van der Waals surface area (Å²) in [5.74, 6) is 0. The lowest BCUT2D eigenvalue weighted by atomic mass is 10.1. The fourth-order valence-electron chi connectivity index (χ4n) is 1.25. The van der Waals surface area contributed by atoms with Crippen LogP contribution in [-0.4, -0.2) is 6.26 Å². The molecule has 0 aliphatic carbocycles. The summed E-state index contributed by atoms with van der Waals surface area (Å²) >= 11 is 1.65. The van der Waals surface area contributed by atoms with Crippen molar-refractivity contribution in [3.05, 3.63) is 46.5 Å². The molecule has 0 radical (unpaired) electrons. The van der Waals surface area contributed by atoms with Crippen LogP contribution in [-0.2, 0) is 6.42 Å². The van der Waals surface area contributed by atoms with Gasteiger partial charge in [-0.15, -0.1) is 11.8 Å². The number of rotatable bonds is 3. The first-order valence-electron chi connectivity index (χ1n) is 5.25. The quantitative estimate of drug-likeness (QED) is 0.845. The predicted molar refractivity (Wildman–Crippen MR) is 72.0 cm³/mol.